The summed E-state index contributed by atoms with van der Waals surface area (Å²) in [4.78, 5) is 22.3. The largest absolute Gasteiger partial charge is 0.320 e. The lowest BCUT2D eigenvalue weighted by Crippen LogP contribution is -2.65. The van der Waals surface area contributed by atoms with E-state index in [0.29, 0.717) is 5.57 Å². The Morgan fingerprint density at radius 2 is 2.36 bits per heavy atom. The summed E-state index contributed by atoms with van der Waals surface area (Å²) in [7, 11) is 0. The zero-order valence-corrected chi connectivity index (χ0v) is 9.66. The fourth-order valence-corrected chi connectivity index (χ4v) is 1.47. The minimum Gasteiger partial charge on any atom is -0.314 e. The number of nitrogens with one attached hydrogen (secondary N) is 2. The zero-order valence-electron chi connectivity index (χ0n) is 7.50. The Labute approximate surface area is 94.9 Å². The van der Waals surface area contributed by atoms with Crippen LogP contribution in [0.4, 0.5) is 4.79 Å². The second-order valence-corrected chi connectivity index (χ2v) is 3.57. The molecule has 0 bridgehead atoms. The number of carbonyl (C=O) groups is 2. The number of Topliss-reactive ketones (excluding diaryl/α,β-unsaturated/α-hetero) is 1. The van der Waals surface area contributed by atoms with Crippen molar-refractivity contribution in [3.8, 4) is 0 Å². The number of ketones is 1. The third kappa shape index (κ3) is 1.95. The van der Waals surface area contributed by atoms with Gasteiger partial charge in [0.1, 0.15) is 0 Å². The van der Waals surface area contributed by atoms with Crippen LogP contribution >= 0.6 is 22.6 Å². The molecule has 0 aromatic heterocycles. The lowest BCUT2D eigenvalue weighted by molar-refractivity contribution is -0.121. The van der Waals surface area contributed by atoms with E-state index in [9.17, 15) is 9.59 Å². The molecule has 1 heterocycles. The van der Waals surface area contributed by atoms with Crippen LogP contribution in [0.5, 0.6) is 0 Å². The quantitative estimate of drug-likeness (QED) is 0.645. The molecule has 0 aromatic rings. The van der Waals surface area contributed by atoms with Gasteiger partial charge in [-0.25, -0.2) is 4.79 Å². The number of hydrogen-bond acceptors (Lipinski definition) is 3. The average molecular weight is 307 g/mol. The standard InChI is InChI=1S/C8H10IN3O2/c1-5(13)8(10)6(2-3-9)4-11-7(14)12-8/h2-4H,10H2,1H3,(H2,11,12,14). The van der Waals surface area contributed by atoms with Gasteiger partial charge >= 0.3 is 6.03 Å². The van der Waals surface area contributed by atoms with Gasteiger partial charge in [-0.2, -0.15) is 0 Å². The Morgan fingerprint density at radius 1 is 1.71 bits per heavy atom. The van der Waals surface area contributed by atoms with Crippen molar-refractivity contribution in [2.75, 3.05) is 0 Å². The van der Waals surface area contributed by atoms with E-state index < -0.39 is 11.7 Å². The van der Waals surface area contributed by atoms with Crippen molar-refractivity contribution < 1.29 is 9.59 Å². The normalized spacial score (nSPS) is 26.8. The number of carbonyl (C=O) groups excluding carboxylic acids is 2. The van der Waals surface area contributed by atoms with Crippen molar-refractivity contribution in [2.24, 2.45) is 5.73 Å². The first-order chi connectivity index (χ1) is 6.50. The number of urea groups is 1. The van der Waals surface area contributed by atoms with E-state index in [4.69, 9.17) is 5.73 Å². The van der Waals surface area contributed by atoms with Gasteiger partial charge in [0.2, 0.25) is 0 Å². The van der Waals surface area contributed by atoms with Crippen LogP contribution in [0.3, 0.4) is 0 Å². The van der Waals surface area contributed by atoms with Crippen LogP contribution in [-0.2, 0) is 4.79 Å². The molecule has 0 saturated carbocycles. The second kappa shape index (κ2) is 4.09. The lowest BCUT2D eigenvalue weighted by atomic mass is 9.96. The molecule has 1 atom stereocenters. The van der Waals surface area contributed by atoms with Gasteiger partial charge in [-0.1, -0.05) is 22.6 Å². The summed E-state index contributed by atoms with van der Waals surface area (Å²) in [6.45, 7) is 1.33. The summed E-state index contributed by atoms with van der Waals surface area (Å²) in [5.74, 6) is -0.312. The Hall–Kier alpha value is -0.890. The van der Waals surface area contributed by atoms with E-state index in [1.807, 2.05) is 22.6 Å². The predicted molar refractivity (Wildman–Crippen MR) is 60.5 cm³/mol. The van der Waals surface area contributed by atoms with Crippen LogP contribution in [0.1, 0.15) is 6.92 Å². The van der Waals surface area contributed by atoms with E-state index in [1.165, 1.54) is 13.1 Å². The molecule has 1 aliphatic rings. The third-order valence-electron chi connectivity index (χ3n) is 1.92. The summed E-state index contributed by atoms with van der Waals surface area (Å²) in [6, 6.07) is -0.478. The Kier molecular flexibility index (Phi) is 3.27. The third-order valence-corrected chi connectivity index (χ3v) is 2.28. The average Bonchev–Trinajstić information content (AvgIpc) is 2.10. The van der Waals surface area contributed by atoms with Crippen LogP contribution in [-0.4, -0.2) is 17.5 Å². The highest BCUT2D eigenvalue weighted by molar-refractivity contribution is 14.1. The van der Waals surface area contributed by atoms with Gasteiger partial charge in [0.25, 0.3) is 0 Å². The lowest BCUT2D eigenvalue weighted by Gasteiger charge is -2.32. The fourth-order valence-electron chi connectivity index (χ4n) is 1.08. The highest BCUT2D eigenvalue weighted by Gasteiger charge is 2.37. The number of amides is 2. The SMILES string of the molecule is CC(=O)C1(N)NC(=O)NC=C1C=CI. The summed E-state index contributed by atoms with van der Waals surface area (Å²) in [5.41, 5.74) is 4.89. The first kappa shape index (κ1) is 11.2. The molecular weight excluding hydrogens is 297 g/mol. The van der Waals surface area contributed by atoms with E-state index >= 15 is 0 Å². The molecule has 5 nitrogen and oxygen atoms in total. The summed E-state index contributed by atoms with van der Waals surface area (Å²) in [5, 5.41) is 4.81. The molecule has 1 rings (SSSR count). The Morgan fingerprint density at radius 3 is 2.86 bits per heavy atom. The highest BCUT2D eigenvalue weighted by Crippen LogP contribution is 2.16. The van der Waals surface area contributed by atoms with E-state index in [0.717, 1.165) is 0 Å². The molecule has 1 unspecified atom stereocenters. The van der Waals surface area contributed by atoms with Gasteiger partial charge in [0.05, 0.1) is 0 Å². The number of halogens is 1. The maximum atomic E-state index is 11.3. The van der Waals surface area contributed by atoms with Crippen LogP contribution < -0.4 is 16.4 Å². The van der Waals surface area contributed by atoms with Crippen molar-refractivity contribution >= 4 is 34.4 Å². The van der Waals surface area contributed by atoms with Crippen LogP contribution in [0.2, 0.25) is 0 Å². The van der Waals surface area contributed by atoms with Crippen LogP contribution in [0.25, 0.3) is 0 Å². The minimum absolute atomic E-state index is 0.312. The van der Waals surface area contributed by atoms with Gasteiger partial charge in [-0.05, 0) is 17.1 Å². The molecule has 0 aromatic carbocycles. The number of rotatable bonds is 2. The molecule has 0 radical (unpaired) electrons. The zero-order chi connectivity index (χ0) is 10.8. The summed E-state index contributed by atoms with van der Waals surface area (Å²) >= 11 is 2.01. The van der Waals surface area contributed by atoms with Crippen LogP contribution in [0.15, 0.2) is 21.9 Å². The first-order valence-electron chi connectivity index (χ1n) is 3.86. The smallest absolute Gasteiger partial charge is 0.314 e. The molecular formula is C8H10IN3O2. The summed E-state index contributed by atoms with van der Waals surface area (Å²) in [6.07, 6.45) is 3.09. The van der Waals surface area contributed by atoms with Gasteiger partial charge in [0, 0.05) is 11.8 Å². The molecule has 0 spiro atoms. The topological polar surface area (TPSA) is 84.2 Å². The molecule has 0 saturated heterocycles. The maximum Gasteiger partial charge on any atom is 0.320 e. The molecule has 0 aliphatic carbocycles. The highest BCUT2D eigenvalue weighted by atomic mass is 127. The first-order valence-corrected chi connectivity index (χ1v) is 5.11. The van der Waals surface area contributed by atoms with Gasteiger partial charge < -0.3 is 10.6 Å². The molecule has 4 N–H and O–H groups in total. The van der Waals surface area contributed by atoms with Gasteiger partial charge in [0.15, 0.2) is 11.4 Å². The van der Waals surface area contributed by atoms with Crippen LogP contribution in [0, 0.1) is 0 Å². The van der Waals surface area contributed by atoms with Crippen molar-refractivity contribution in [3.05, 3.63) is 21.9 Å². The number of hydrogen-bond donors (Lipinski definition) is 3. The molecule has 14 heavy (non-hydrogen) atoms. The van der Waals surface area contributed by atoms with Gasteiger partial charge in [-0.15, -0.1) is 0 Å². The van der Waals surface area contributed by atoms with E-state index in [-0.39, 0.29) is 5.78 Å². The van der Waals surface area contributed by atoms with Crippen molar-refractivity contribution in [2.45, 2.75) is 12.6 Å². The Bertz CT molecular complexity index is 337. The van der Waals surface area contributed by atoms with Crippen molar-refractivity contribution in [3.63, 3.8) is 0 Å². The fraction of sp³-hybridized carbons (Fsp3) is 0.250. The predicted octanol–water partition coefficient (Wildman–Crippen LogP) is 0.376. The summed E-state index contributed by atoms with van der Waals surface area (Å²) < 4.78 is 1.72. The molecule has 6 heteroatoms. The Balaban J connectivity index is 3.11. The number of nitrogens with two attached hydrogens (primary N) is 1. The van der Waals surface area contributed by atoms with Crippen molar-refractivity contribution in [1.29, 1.82) is 0 Å². The molecule has 76 valence electrons. The maximum absolute atomic E-state index is 11.3. The minimum atomic E-state index is -1.41. The van der Waals surface area contributed by atoms with Crippen molar-refractivity contribution in [1.82, 2.24) is 10.6 Å². The van der Waals surface area contributed by atoms with E-state index in [2.05, 4.69) is 10.6 Å². The van der Waals surface area contributed by atoms with Gasteiger partial charge in [-0.3, -0.25) is 10.5 Å². The molecule has 2 amide bonds. The molecule has 0 fully saturated rings. The molecule has 1 aliphatic heterocycles. The monoisotopic (exact) mass is 307 g/mol. The van der Waals surface area contributed by atoms with E-state index in [1.54, 1.807) is 10.2 Å². The second-order valence-electron chi connectivity index (χ2n) is 2.85.